The number of ether oxygens (including phenoxy) is 2. The van der Waals surface area contributed by atoms with Gasteiger partial charge in [0.25, 0.3) is 5.56 Å². The van der Waals surface area contributed by atoms with Crippen LogP contribution in [0.5, 0.6) is 0 Å². The average molecular weight is 438 g/mol. The van der Waals surface area contributed by atoms with E-state index in [2.05, 4.69) is 24.9 Å². The van der Waals surface area contributed by atoms with Crippen molar-refractivity contribution in [2.75, 3.05) is 14.2 Å². The largest absolute Gasteiger partial charge is 0.469 e. The third kappa shape index (κ3) is 4.17. The molecule has 3 heterocycles. The Kier molecular flexibility index (Phi) is 6.33. The lowest BCUT2D eigenvalue weighted by molar-refractivity contribution is -0.139. The van der Waals surface area contributed by atoms with Crippen molar-refractivity contribution in [1.29, 1.82) is 0 Å². The molecule has 12 heteroatoms. The highest BCUT2D eigenvalue weighted by molar-refractivity contribution is 7.98. The van der Waals surface area contributed by atoms with Crippen LogP contribution < -0.4 is 5.56 Å². The van der Waals surface area contributed by atoms with Crippen molar-refractivity contribution in [1.82, 2.24) is 24.7 Å². The lowest BCUT2D eigenvalue weighted by atomic mass is 10.1. The summed E-state index contributed by atoms with van der Waals surface area (Å²) >= 11 is 2.41. The number of hydrogen-bond donors (Lipinski definition) is 1. The molecule has 0 aliphatic carbocycles. The zero-order chi connectivity index (χ0) is 21.1. The van der Waals surface area contributed by atoms with E-state index in [9.17, 15) is 14.4 Å². The van der Waals surface area contributed by atoms with Gasteiger partial charge in [-0.25, -0.2) is 9.78 Å². The summed E-state index contributed by atoms with van der Waals surface area (Å²) in [5.41, 5.74) is -0.165. The minimum atomic E-state index is -0.631. The zero-order valence-electron chi connectivity index (χ0n) is 16.3. The van der Waals surface area contributed by atoms with E-state index in [1.54, 1.807) is 0 Å². The Hall–Kier alpha value is -2.73. The minimum absolute atomic E-state index is 0.164. The Morgan fingerprint density at radius 3 is 2.66 bits per heavy atom. The van der Waals surface area contributed by atoms with Gasteiger partial charge in [-0.1, -0.05) is 11.8 Å². The monoisotopic (exact) mass is 437 g/mol. The molecule has 3 aromatic rings. The fraction of sp³-hybridized carbons (Fsp3) is 0.412. The van der Waals surface area contributed by atoms with E-state index in [1.165, 1.54) is 26.0 Å². The highest BCUT2D eigenvalue weighted by atomic mass is 32.2. The van der Waals surface area contributed by atoms with Crippen LogP contribution in [0.15, 0.2) is 9.95 Å². The number of hydrogen-bond acceptors (Lipinski definition) is 10. The maximum atomic E-state index is 12.7. The van der Waals surface area contributed by atoms with Crippen LogP contribution in [0.2, 0.25) is 0 Å². The number of esters is 2. The molecular weight excluding hydrogens is 418 g/mol. The normalized spacial score (nSPS) is 11.0. The van der Waals surface area contributed by atoms with E-state index in [1.807, 2.05) is 18.4 Å². The Morgan fingerprint density at radius 1 is 1.24 bits per heavy atom. The third-order valence-electron chi connectivity index (χ3n) is 4.19. The fourth-order valence-corrected chi connectivity index (χ4v) is 4.83. The summed E-state index contributed by atoms with van der Waals surface area (Å²) < 4.78 is 11.4. The maximum Gasteiger partial charge on any atom is 0.348 e. The number of nitrogens with one attached hydrogen (secondary N) is 1. The number of carbonyl (C=O) groups excluding carboxylic acids is 2. The second-order valence-electron chi connectivity index (χ2n) is 5.91. The van der Waals surface area contributed by atoms with Gasteiger partial charge in [0.05, 0.1) is 31.8 Å². The SMILES string of the molecule is CCn1c(C)nnc1SCc1nc2sc(C(=O)OC)c(CC(=O)OC)c2c(=O)[nH]1. The number of nitrogens with zero attached hydrogens (tertiary/aromatic N) is 4. The van der Waals surface area contributed by atoms with Crippen LogP contribution in [0, 0.1) is 6.92 Å². The van der Waals surface area contributed by atoms with E-state index >= 15 is 0 Å². The van der Waals surface area contributed by atoms with Crippen LogP contribution in [0.4, 0.5) is 0 Å². The van der Waals surface area contributed by atoms with Crippen LogP contribution in [0.1, 0.15) is 33.8 Å². The molecule has 0 saturated carbocycles. The fourth-order valence-electron chi connectivity index (χ4n) is 2.79. The van der Waals surface area contributed by atoms with Crippen LogP contribution in [-0.2, 0) is 33.0 Å². The minimum Gasteiger partial charge on any atom is -0.469 e. The molecular formula is C17H19N5O5S2. The first kappa shape index (κ1) is 21.0. The first-order chi connectivity index (χ1) is 13.9. The topological polar surface area (TPSA) is 129 Å². The van der Waals surface area contributed by atoms with Gasteiger partial charge in [0.15, 0.2) is 5.16 Å². The average Bonchev–Trinajstić information content (AvgIpc) is 3.25. The molecule has 0 fully saturated rings. The van der Waals surface area contributed by atoms with Crippen LogP contribution in [0.3, 0.4) is 0 Å². The first-order valence-corrected chi connectivity index (χ1v) is 10.4. The van der Waals surface area contributed by atoms with Gasteiger partial charge >= 0.3 is 11.9 Å². The maximum absolute atomic E-state index is 12.7. The number of aromatic nitrogens is 5. The summed E-state index contributed by atoms with van der Waals surface area (Å²) in [6.07, 6.45) is -0.224. The number of rotatable bonds is 7. The van der Waals surface area contributed by atoms with Gasteiger partial charge in [-0.2, -0.15) is 0 Å². The number of aryl methyl sites for hydroxylation is 1. The van der Waals surface area contributed by atoms with Gasteiger partial charge in [-0.05, 0) is 13.8 Å². The number of methoxy groups -OCH3 is 2. The highest BCUT2D eigenvalue weighted by Crippen LogP contribution is 2.30. The Morgan fingerprint density at radius 2 is 2.00 bits per heavy atom. The number of aromatic amines is 1. The lowest BCUT2D eigenvalue weighted by Gasteiger charge is -2.05. The van der Waals surface area contributed by atoms with Crippen molar-refractivity contribution < 1.29 is 19.1 Å². The Balaban J connectivity index is 1.99. The van der Waals surface area contributed by atoms with Crippen molar-refractivity contribution in [3.63, 3.8) is 0 Å². The molecule has 0 spiro atoms. The molecule has 0 aliphatic heterocycles. The number of H-pyrrole nitrogens is 1. The van der Waals surface area contributed by atoms with Crippen LogP contribution in [-0.4, -0.2) is 50.9 Å². The second kappa shape index (κ2) is 8.74. The van der Waals surface area contributed by atoms with Crippen molar-refractivity contribution >= 4 is 45.3 Å². The van der Waals surface area contributed by atoms with Crippen molar-refractivity contribution in [3.05, 3.63) is 32.4 Å². The standard InChI is InChI=1S/C17H19N5O5S2/c1-5-22-8(2)20-21-17(22)28-7-10-18-14(24)12-9(6-11(23)26-3)13(16(25)27-4)29-15(12)19-10/h5-7H2,1-4H3,(H,18,19,24). The molecule has 0 aliphatic rings. The van der Waals surface area contributed by atoms with E-state index in [-0.39, 0.29) is 22.2 Å². The Labute approximate surface area is 173 Å². The zero-order valence-corrected chi connectivity index (χ0v) is 17.9. The molecule has 3 rings (SSSR count). The second-order valence-corrected chi connectivity index (χ2v) is 7.85. The molecule has 0 saturated heterocycles. The smallest absolute Gasteiger partial charge is 0.348 e. The van der Waals surface area contributed by atoms with Gasteiger partial charge in [-0.3, -0.25) is 9.59 Å². The molecule has 0 radical (unpaired) electrons. The molecule has 0 atom stereocenters. The summed E-state index contributed by atoms with van der Waals surface area (Å²) in [6, 6.07) is 0. The highest BCUT2D eigenvalue weighted by Gasteiger charge is 2.24. The first-order valence-electron chi connectivity index (χ1n) is 8.61. The Bertz CT molecular complexity index is 1130. The third-order valence-corrected chi connectivity index (χ3v) is 6.27. The molecule has 154 valence electrons. The number of fused-ring (bicyclic) bond motifs is 1. The molecule has 0 amide bonds. The van der Waals surface area contributed by atoms with E-state index in [0.29, 0.717) is 16.4 Å². The van der Waals surface area contributed by atoms with Gasteiger partial charge in [0, 0.05) is 12.1 Å². The van der Waals surface area contributed by atoms with Crippen molar-refractivity contribution in [2.45, 2.75) is 37.7 Å². The van der Waals surface area contributed by atoms with Gasteiger partial charge in [0.2, 0.25) is 0 Å². The van der Waals surface area contributed by atoms with Gasteiger partial charge < -0.3 is 19.0 Å². The molecule has 1 N–H and O–H groups in total. The lowest BCUT2D eigenvalue weighted by Crippen LogP contribution is -2.15. The summed E-state index contributed by atoms with van der Waals surface area (Å²) in [6.45, 7) is 4.60. The summed E-state index contributed by atoms with van der Waals surface area (Å²) in [7, 11) is 2.48. The molecule has 10 nitrogen and oxygen atoms in total. The van der Waals surface area contributed by atoms with Gasteiger partial charge in [0.1, 0.15) is 21.4 Å². The summed E-state index contributed by atoms with van der Waals surface area (Å²) in [5.74, 6) is 0.400. The van der Waals surface area contributed by atoms with Crippen molar-refractivity contribution in [2.24, 2.45) is 0 Å². The van der Waals surface area contributed by atoms with E-state index in [0.717, 1.165) is 28.9 Å². The van der Waals surface area contributed by atoms with E-state index < -0.39 is 17.5 Å². The summed E-state index contributed by atoms with van der Waals surface area (Å²) in [5, 5.41) is 9.10. The van der Waals surface area contributed by atoms with E-state index in [4.69, 9.17) is 4.74 Å². The number of thioether (sulfide) groups is 1. The van der Waals surface area contributed by atoms with Gasteiger partial charge in [-0.15, -0.1) is 21.5 Å². The van der Waals surface area contributed by atoms with Crippen LogP contribution >= 0.6 is 23.1 Å². The molecule has 3 aromatic heterocycles. The predicted octanol–water partition coefficient (Wildman–Crippen LogP) is 1.70. The molecule has 29 heavy (non-hydrogen) atoms. The number of carbonyl (C=O) groups is 2. The molecule has 0 unspecified atom stereocenters. The molecule has 0 aromatic carbocycles. The van der Waals surface area contributed by atoms with Crippen molar-refractivity contribution in [3.8, 4) is 0 Å². The predicted molar refractivity (Wildman–Crippen MR) is 107 cm³/mol. The van der Waals surface area contributed by atoms with Crippen LogP contribution in [0.25, 0.3) is 10.2 Å². The summed E-state index contributed by atoms with van der Waals surface area (Å²) in [4.78, 5) is 44.3. The molecule has 0 bridgehead atoms. The quantitative estimate of drug-likeness (QED) is 0.433. The number of thiophene rings is 1.